The summed E-state index contributed by atoms with van der Waals surface area (Å²) in [7, 11) is -1.48. The summed E-state index contributed by atoms with van der Waals surface area (Å²) in [5, 5.41) is 5.24. The molecule has 0 bridgehead atoms. The van der Waals surface area contributed by atoms with Crippen LogP contribution in [0.15, 0.2) is 42.5 Å². The zero-order valence-electron chi connectivity index (χ0n) is 13.2. The van der Waals surface area contributed by atoms with E-state index in [4.69, 9.17) is 0 Å². The predicted octanol–water partition coefficient (Wildman–Crippen LogP) is 4.18. The SMILES string of the molecule is Cc1cccc(NC[Si](C)(C)c2c(C)cccc2C)c1. The monoisotopic (exact) mass is 283 g/mol. The summed E-state index contributed by atoms with van der Waals surface area (Å²) >= 11 is 0. The maximum Gasteiger partial charge on any atom is 0.102 e. The van der Waals surface area contributed by atoms with Gasteiger partial charge < -0.3 is 5.32 Å². The zero-order chi connectivity index (χ0) is 14.8. The summed E-state index contributed by atoms with van der Waals surface area (Å²) in [5.41, 5.74) is 5.42. The number of hydrogen-bond donors (Lipinski definition) is 1. The molecule has 0 spiro atoms. The van der Waals surface area contributed by atoms with E-state index in [0.29, 0.717) is 0 Å². The molecule has 0 fully saturated rings. The van der Waals surface area contributed by atoms with Gasteiger partial charge in [-0.2, -0.15) is 0 Å². The first-order chi connectivity index (χ1) is 9.40. The number of anilines is 1. The maximum absolute atomic E-state index is 3.64. The Labute approximate surface area is 124 Å². The van der Waals surface area contributed by atoms with Crippen LogP contribution in [0.2, 0.25) is 13.1 Å². The minimum absolute atomic E-state index is 1.07. The van der Waals surface area contributed by atoms with E-state index < -0.39 is 8.07 Å². The molecule has 2 aromatic carbocycles. The fourth-order valence-electron chi connectivity index (χ4n) is 3.05. The van der Waals surface area contributed by atoms with E-state index in [2.05, 4.69) is 81.6 Å². The smallest absolute Gasteiger partial charge is 0.102 e. The number of nitrogens with one attached hydrogen (secondary N) is 1. The molecule has 0 amide bonds. The molecule has 1 nitrogen and oxygen atoms in total. The maximum atomic E-state index is 3.64. The third-order valence-electron chi connectivity index (χ3n) is 3.91. The van der Waals surface area contributed by atoms with Crippen LogP contribution in [0.3, 0.4) is 0 Å². The summed E-state index contributed by atoms with van der Waals surface area (Å²) in [5.74, 6) is 0. The zero-order valence-corrected chi connectivity index (χ0v) is 14.2. The largest absolute Gasteiger partial charge is 0.388 e. The van der Waals surface area contributed by atoms with Gasteiger partial charge in [-0.3, -0.25) is 0 Å². The molecule has 1 N–H and O–H groups in total. The normalized spacial score (nSPS) is 11.4. The van der Waals surface area contributed by atoms with Crippen molar-refractivity contribution in [3.63, 3.8) is 0 Å². The Kier molecular flexibility index (Phi) is 4.34. The molecule has 0 aromatic heterocycles. The van der Waals surface area contributed by atoms with Gasteiger partial charge in [0.25, 0.3) is 0 Å². The number of rotatable bonds is 4. The number of benzene rings is 2. The van der Waals surface area contributed by atoms with Crippen molar-refractivity contribution in [1.82, 2.24) is 0 Å². The summed E-state index contributed by atoms with van der Waals surface area (Å²) < 4.78 is 0. The third kappa shape index (κ3) is 3.31. The van der Waals surface area contributed by atoms with Crippen LogP contribution >= 0.6 is 0 Å². The molecule has 2 heteroatoms. The Morgan fingerprint density at radius 2 is 1.50 bits per heavy atom. The number of aryl methyl sites for hydroxylation is 3. The van der Waals surface area contributed by atoms with Gasteiger partial charge in [-0.1, -0.05) is 59.7 Å². The highest BCUT2D eigenvalue weighted by Crippen LogP contribution is 2.14. The molecule has 0 atom stereocenters. The minimum Gasteiger partial charge on any atom is -0.388 e. The van der Waals surface area contributed by atoms with Gasteiger partial charge in [0.15, 0.2) is 0 Å². The van der Waals surface area contributed by atoms with Crippen molar-refractivity contribution in [2.75, 3.05) is 11.5 Å². The topological polar surface area (TPSA) is 12.0 Å². The highest BCUT2D eigenvalue weighted by molar-refractivity contribution is 6.90. The van der Waals surface area contributed by atoms with Crippen molar-refractivity contribution in [2.45, 2.75) is 33.9 Å². The van der Waals surface area contributed by atoms with Crippen LogP contribution in [-0.2, 0) is 0 Å². The molecule has 0 aliphatic rings. The molecule has 0 saturated carbocycles. The minimum atomic E-state index is -1.48. The average molecular weight is 283 g/mol. The van der Waals surface area contributed by atoms with Crippen molar-refractivity contribution in [1.29, 1.82) is 0 Å². The van der Waals surface area contributed by atoms with Crippen LogP contribution in [0.5, 0.6) is 0 Å². The van der Waals surface area contributed by atoms with Gasteiger partial charge in [-0.05, 0) is 38.5 Å². The van der Waals surface area contributed by atoms with Crippen LogP contribution < -0.4 is 10.5 Å². The lowest BCUT2D eigenvalue weighted by atomic mass is 10.2. The van der Waals surface area contributed by atoms with E-state index in [1.165, 1.54) is 22.4 Å². The van der Waals surface area contributed by atoms with Gasteiger partial charge in [-0.15, -0.1) is 0 Å². The van der Waals surface area contributed by atoms with Gasteiger partial charge >= 0.3 is 0 Å². The van der Waals surface area contributed by atoms with E-state index in [1.807, 2.05) is 0 Å². The quantitative estimate of drug-likeness (QED) is 0.830. The van der Waals surface area contributed by atoms with Crippen LogP contribution in [0.25, 0.3) is 0 Å². The molecule has 0 heterocycles. The first kappa shape index (κ1) is 14.9. The van der Waals surface area contributed by atoms with Crippen molar-refractivity contribution in [2.24, 2.45) is 0 Å². The molecule has 20 heavy (non-hydrogen) atoms. The number of hydrogen-bond acceptors (Lipinski definition) is 1. The summed E-state index contributed by atoms with van der Waals surface area (Å²) in [6.07, 6.45) is 1.07. The highest BCUT2D eigenvalue weighted by atomic mass is 28.3. The predicted molar refractivity (Wildman–Crippen MR) is 92.7 cm³/mol. The molecule has 106 valence electrons. The summed E-state index contributed by atoms with van der Waals surface area (Å²) in [4.78, 5) is 0. The fraction of sp³-hybridized carbons (Fsp3) is 0.333. The molecule has 0 unspecified atom stereocenters. The van der Waals surface area contributed by atoms with Gasteiger partial charge in [0.05, 0.1) is 0 Å². The van der Waals surface area contributed by atoms with Gasteiger partial charge in [0, 0.05) is 11.9 Å². The lowest BCUT2D eigenvalue weighted by Crippen LogP contribution is -2.50. The first-order valence-corrected chi connectivity index (χ1v) is 10.5. The molecule has 0 aliphatic carbocycles. The van der Waals surface area contributed by atoms with Crippen molar-refractivity contribution < 1.29 is 0 Å². The molecule has 0 radical (unpaired) electrons. The van der Waals surface area contributed by atoms with E-state index in [1.54, 1.807) is 5.19 Å². The van der Waals surface area contributed by atoms with Crippen molar-refractivity contribution >= 4 is 18.9 Å². The van der Waals surface area contributed by atoms with Gasteiger partial charge in [-0.25, -0.2) is 0 Å². The Balaban J connectivity index is 2.19. The molecular formula is C18H25NSi. The average Bonchev–Trinajstić information content (AvgIpc) is 2.36. The van der Waals surface area contributed by atoms with Crippen molar-refractivity contribution in [3.8, 4) is 0 Å². The molecule has 0 aliphatic heterocycles. The first-order valence-electron chi connectivity index (χ1n) is 7.27. The highest BCUT2D eigenvalue weighted by Gasteiger charge is 2.26. The Morgan fingerprint density at radius 1 is 0.900 bits per heavy atom. The van der Waals surface area contributed by atoms with E-state index in [9.17, 15) is 0 Å². The van der Waals surface area contributed by atoms with Crippen LogP contribution in [0.1, 0.15) is 16.7 Å². The van der Waals surface area contributed by atoms with E-state index in [-0.39, 0.29) is 0 Å². The lowest BCUT2D eigenvalue weighted by molar-refractivity contribution is 1.33. The Bertz CT molecular complexity index is 582. The summed E-state index contributed by atoms with van der Waals surface area (Å²) in [6, 6.07) is 15.3. The summed E-state index contributed by atoms with van der Waals surface area (Å²) in [6.45, 7) is 11.5. The molecular weight excluding hydrogens is 258 g/mol. The van der Waals surface area contributed by atoms with E-state index >= 15 is 0 Å². The van der Waals surface area contributed by atoms with Crippen LogP contribution in [0.4, 0.5) is 5.69 Å². The van der Waals surface area contributed by atoms with Crippen molar-refractivity contribution in [3.05, 3.63) is 59.2 Å². The van der Waals surface area contributed by atoms with Gasteiger partial charge in [0.1, 0.15) is 8.07 Å². The lowest BCUT2D eigenvalue weighted by Gasteiger charge is -2.28. The van der Waals surface area contributed by atoms with Crippen LogP contribution in [0, 0.1) is 20.8 Å². The fourth-order valence-corrected chi connectivity index (χ4v) is 6.17. The molecule has 2 rings (SSSR count). The third-order valence-corrected chi connectivity index (χ3v) is 7.11. The van der Waals surface area contributed by atoms with Crippen LogP contribution in [-0.4, -0.2) is 14.2 Å². The second-order valence-electron chi connectivity index (χ2n) is 6.37. The molecule has 0 saturated heterocycles. The Morgan fingerprint density at radius 3 is 2.10 bits per heavy atom. The second kappa shape index (κ2) is 5.84. The standard InChI is InChI=1S/C18H25NSi/c1-14-8-6-11-17(12-14)19-13-20(4,5)18-15(2)9-7-10-16(18)3/h6-12,19H,13H2,1-5H3. The van der Waals surface area contributed by atoms with Gasteiger partial charge in [0.2, 0.25) is 0 Å². The Hall–Kier alpha value is -1.54. The second-order valence-corrected chi connectivity index (χ2v) is 11.0. The molecule has 2 aromatic rings. The van der Waals surface area contributed by atoms with E-state index in [0.717, 1.165) is 6.17 Å².